The smallest absolute Gasteiger partial charge is 0.337 e. The zero-order valence-corrected chi connectivity index (χ0v) is 12.1. The summed E-state index contributed by atoms with van der Waals surface area (Å²) in [7, 11) is 0. The van der Waals surface area contributed by atoms with Crippen LogP contribution in [-0.4, -0.2) is 17.1 Å². The molecule has 1 rings (SSSR count). The Bertz CT molecular complexity index is 424. The Labute approximate surface area is 110 Å². The Kier molecular flexibility index (Phi) is 4.20. The van der Waals surface area contributed by atoms with Crippen LogP contribution >= 0.6 is 15.9 Å². The summed E-state index contributed by atoms with van der Waals surface area (Å²) in [6.45, 7) is 8.39. The van der Waals surface area contributed by atoms with Gasteiger partial charge >= 0.3 is 5.97 Å². The minimum atomic E-state index is -0.921. The van der Waals surface area contributed by atoms with Crippen LogP contribution in [0.3, 0.4) is 0 Å². The van der Waals surface area contributed by atoms with Crippen molar-refractivity contribution in [2.75, 3.05) is 5.32 Å². The van der Waals surface area contributed by atoms with Crippen molar-refractivity contribution in [3.63, 3.8) is 0 Å². The second kappa shape index (κ2) is 5.08. The summed E-state index contributed by atoms with van der Waals surface area (Å²) in [4.78, 5) is 11.1. The standard InChI is InChI=1S/C13H18BrNO2/c1-8(13(2,3)4)15-11-6-5-9(14)7-10(11)12(16)17/h5-8,15H,1-4H3,(H,16,17). The van der Waals surface area contributed by atoms with E-state index >= 15 is 0 Å². The van der Waals surface area contributed by atoms with Crippen molar-refractivity contribution in [2.24, 2.45) is 5.41 Å². The van der Waals surface area contributed by atoms with E-state index in [0.717, 1.165) is 4.47 Å². The molecule has 0 spiro atoms. The highest BCUT2D eigenvalue weighted by Gasteiger charge is 2.21. The second-order valence-corrected chi connectivity index (χ2v) is 6.14. The molecular formula is C13H18BrNO2. The molecule has 0 amide bonds. The highest BCUT2D eigenvalue weighted by molar-refractivity contribution is 9.10. The van der Waals surface area contributed by atoms with Gasteiger partial charge in [-0.05, 0) is 30.5 Å². The lowest BCUT2D eigenvalue weighted by Crippen LogP contribution is -2.31. The van der Waals surface area contributed by atoms with Crippen molar-refractivity contribution >= 4 is 27.6 Å². The Morgan fingerprint density at radius 3 is 2.47 bits per heavy atom. The molecule has 0 aromatic heterocycles. The van der Waals surface area contributed by atoms with Gasteiger partial charge in [0.15, 0.2) is 0 Å². The van der Waals surface area contributed by atoms with Crippen LogP contribution in [0.5, 0.6) is 0 Å². The maximum absolute atomic E-state index is 11.1. The number of aromatic carboxylic acids is 1. The van der Waals surface area contributed by atoms with E-state index < -0.39 is 5.97 Å². The number of carbonyl (C=O) groups is 1. The molecule has 3 nitrogen and oxygen atoms in total. The van der Waals surface area contributed by atoms with E-state index in [-0.39, 0.29) is 17.0 Å². The zero-order valence-electron chi connectivity index (χ0n) is 10.5. The van der Waals surface area contributed by atoms with Gasteiger partial charge in [0.1, 0.15) is 0 Å². The van der Waals surface area contributed by atoms with Crippen LogP contribution in [0.25, 0.3) is 0 Å². The Morgan fingerprint density at radius 1 is 1.41 bits per heavy atom. The van der Waals surface area contributed by atoms with E-state index in [2.05, 4.69) is 42.0 Å². The average Bonchev–Trinajstić information content (AvgIpc) is 2.18. The molecule has 1 aromatic carbocycles. The van der Waals surface area contributed by atoms with Crippen molar-refractivity contribution in [1.82, 2.24) is 0 Å². The molecule has 0 aliphatic rings. The molecule has 2 N–H and O–H groups in total. The van der Waals surface area contributed by atoms with E-state index in [4.69, 9.17) is 5.11 Å². The lowest BCUT2D eigenvalue weighted by atomic mass is 9.88. The summed E-state index contributed by atoms with van der Waals surface area (Å²) in [5, 5.41) is 12.4. The number of hydrogen-bond donors (Lipinski definition) is 2. The highest BCUT2D eigenvalue weighted by atomic mass is 79.9. The fourth-order valence-corrected chi connectivity index (χ4v) is 1.63. The molecule has 1 unspecified atom stereocenters. The Morgan fingerprint density at radius 2 is 2.00 bits per heavy atom. The molecule has 1 atom stereocenters. The Hall–Kier alpha value is -1.03. The number of nitrogens with one attached hydrogen (secondary N) is 1. The van der Waals surface area contributed by atoms with Gasteiger partial charge in [0.05, 0.1) is 5.56 Å². The van der Waals surface area contributed by atoms with Crippen LogP contribution in [0.2, 0.25) is 0 Å². The van der Waals surface area contributed by atoms with Crippen molar-refractivity contribution in [3.05, 3.63) is 28.2 Å². The van der Waals surface area contributed by atoms with Gasteiger partial charge in [-0.25, -0.2) is 4.79 Å². The van der Waals surface area contributed by atoms with Crippen LogP contribution in [0.4, 0.5) is 5.69 Å². The van der Waals surface area contributed by atoms with Crippen LogP contribution in [0.15, 0.2) is 22.7 Å². The Balaban J connectivity index is 3.03. The third kappa shape index (κ3) is 3.73. The lowest BCUT2D eigenvalue weighted by Gasteiger charge is -2.29. The number of hydrogen-bond acceptors (Lipinski definition) is 2. The molecule has 0 radical (unpaired) electrons. The van der Waals surface area contributed by atoms with Gasteiger partial charge in [-0.15, -0.1) is 0 Å². The highest BCUT2D eigenvalue weighted by Crippen LogP contribution is 2.26. The summed E-state index contributed by atoms with van der Waals surface area (Å²) >= 11 is 3.28. The number of carboxylic acids is 1. The van der Waals surface area contributed by atoms with Crippen molar-refractivity contribution in [1.29, 1.82) is 0 Å². The fraction of sp³-hybridized carbons (Fsp3) is 0.462. The molecule has 0 fully saturated rings. The molecular weight excluding hydrogens is 282 g/mol. The van der Waals surface area contributed by atoms with Crippen LogP contribution in [0, 0.1) is 5.41 Å². The third-order valence-electron chi connectivity index (χ3n) is 2.88. The minimum Gasteiger partial charge on any atom is -0.478 e. The number of rotatable bonds is 3. The van der Waals surface area contributed by atoms with Crippen LogP contribution in [0.1, 0.15) is 38.1 Å². The van der Waals surface area contributed by atoms with Crippen molar-refractivity contribution in [3.8, 4) is 0 Å². The van der Waals surface area contributed by atoms with E-state index in [9.17, 15) is 4.79 Å². The van der Waals surface area contributed by atoms with Gasteiger partial charge in [-0.2, -0.15) is 0 Å². The summed E-state index contributed by atoms with van der Waals surface area (Å²) in [6.07, 6.45) is 0. The molecule has 1 aromatic rings. The minimum absolute atomic E-state index is 0.0723. The van der Waals surface area contributed by atoms with Crippen molar-refractivity contribution < 1.29 is 9.90 Å². The first-order chi connectivity index (χ1) is 7.71. The van der Waals surface area contributed by atoms with E-state index in [1.807, 2.05) is 13.0 Å². The molecule has 17 heavy (non-hydrogen) atoms. The molecule has 0 aliphatic carbocycles. The molecule has 4 heteroatoms. The molecule has 0 heterocycles. The number of anilines is 1. The largest absolute Gasteiger partial charge is 0.478 e. The van der Waals surface area contributed by atoms with Gasteiger partial charge < -0.3 is 10.4 Å². The predicted octanol–water partition coefficient (Wildman–Crippen LogP) is 3.99. The summed E-state index contributed by atoms with van der Waals surface area (Å²) in [5.74, 6) is -0.921. The van der Waals surface area contributed by atoms with Crippen LogP contribution < -0.4 is 5.32 Å². The monoisotopic (exact) mass is 299 g/mol. The lowest BCUT2D eigenvalue weighted by molar-refractivity contribution is 0.0697. The van der Waals surface area contributed by atoms with Gasteiger partial charge in [0.2, 0.25) is 0 Å². The third-order valence-corrected chi connectivity index (χ3v) is 3.38. The first kappa shape index (κ1) is 14.0. The summed E-state index contributed by atoms with van der Waals surface area (Å²) in [6, 6.07) is 5.42. The van der Waals surface area contributed by atoms with Gasteiger partial charge in [-0.3, -0.25) is 0 Å². The summed E-state index contributed by atoms with van der Waals surface area (Å²) < 4.78 is 0.767. The van der Waals surface area contributed by atoms with Gasteiger partial charge in [0, 0.05) is 16.2 Å². The number of halogens is 1. The first-order valence-corrected chi connectivity index (χ1v) is 6.30. The number of carboxylic acid groups (broad SMARTS) is 1. The molecule has 0 saturated carbocycles. The first-order valence-electron chi connectivity index (χ1n) is 5.51. The molecule has 0 aliphatic heterocycles. The van der Waals surface area contributed by atoms with E-state index in [0.29, 0.717) is 5.69 Å². The van der Waals surface area contributed by atoms with Crippen molar-refractivity contribution in [2.45, 2.75) is 33.7 Å². The van der Waals surface area contributed by atoms with E-state index in [1.165, 1.54) is 0 Å². The average molecular weight is 300 g/mol. The second-order valence-electron chi connectivity index (χ2n) is 5.23. The topological polar surface area (TPSA) is 49.3 Å². The van der Waals surface area contributed by atoms with E-state index in [1.54, 1.807) is 12.1 Å². The summed E-state index contributed by atoms with van der Waals surface area (Å²) in [5.41, 5.74) is 1.02. The van der Waals surface area contributed by atoms with Gasteiger partial charge in [0.25, 0.3) is 0 Å². The quantitative estimate of drug-likeness (QED) is 0.887. The normalized spacial score (nSPS) is 13.2. The fourth-order valence-electron chi connectivity index (χ4n) is 1.27. The van der Waals surface area contributed by atoms with Gasteiger partial charge in [-0.1, -0.05) is 36.7 Å². The maximum Gasteiger partial charge on any atom is 0.337 e. The molecule has 0 saturated heterocycles. The SMILES string of the molecule is CC(Nc1ccc(Br)cc1C(=O)O)C(C)(C)C. The molecule has 94 valence electrons. The van der Waals surface area contributed by atoms with Crippen LogP contribution in [-0.2, 0) is 0 Å². The predicted molar refractivity (Wildman–Crippen MR) is 73.6 cm³/mol. The number of benzene rings is 1. The molecule has 0 bridgehead atoms. The maximum atomic E-state index is 11.1. The zero-order chi connectivity index (χ0) is 13.2.